The van der Waals surface area contributed by atoms with Crippen molar-refractivity contribution in [1.82, 2.24) is 33.9 Å². The van der Waals surface area contributed by atoms with E-state index >= 15 is 0 Å². The minimum absolute atomic E-state index is 0. The minimum atomic E-state index is -5.63. The number of carbonyl (C=O) groups excluding carboxylic acids is 4. The van der Waals surface area contributed by atoms with Gasteiger partial charge in [0.2, 0.25) is 26.2 Å². The summed E-state index contributed by atoms with van der Waals surface area (Å²) in [5.74, 6) is 65.5. The number of terminal acetylenes is 1. The predicted octanol–water partition coefficient (Wildman–Crippen LogP) is 10.2. The van der Waals surface area contributed by atoms with E-state index in [1.54, 1.807) is 30.6 Å². The fourth-order valence-electron chi connectivity index (χ4n) is 12.0. The summed E-state index contributed by atoms with van der Waals surface area (Å²) in [7, 11) is -6.07. The second-order valence-electron chi connectivity index (χ2n) is 31.4. The van der Waals surface area contributed by atoms with Crippen molar-refractivity contribution in [2.75, 3.05) is 105 Å². The van der Waals surface area contributed by atoms with Crippen LogP contribution >= 0.6 is 80.2 Å². The van der Waals surface area contributed by atoms with Crippen LogP contribution in [0.3, 0.4) is 0 Å². The van der Waals surface area contributed by atoms with Crippen LogP contribution < -0.4 is 45.4 Å². The Morgan fingerprint density at radius 3 is 1.01 bits per heavy atom. The molecule has 3 aromatic carbocycles. The molecule has 6 heterocycles. The summed E-state index contributed by atoms with van der Waals surface area (Å²) >= 11 is 15.0. The number of amides is 2. The number of halogens is 15. The SMILES string of the molecule is C#CC#CC#CC#CC#CC#CC#CC.CC#CC#CC#CC#CC#CC#CC#CC.CC(=O)OC(Cl)(Cl)Cl.CC(C)(C)OC(=O)N1CCC2(CC1)CN(S(=O)(=O)c1ccc(F)cc1)CCO2.CC(C)(C)OC(=O)N1CCC2(CC1)CNCCO2.CCN(C(C)C)C(C)C.Cl.Cl.O=CO[O-].O=S(=O)(Cl)c1ccc(F)cc1.O=S(=O)(c1ccc(F)cc1)N1CCOC2(CCNCC2)C1.OC(C(F)(F)F)C(F)(F)F.P.[Na+]. The van der Waals surface area contributed by atoms with E-state index in [1.165, 1.54) is 45.0 Å². The maximum Gasteiger partial charge on any atom is 1.00 e. The molecule has 144 heavy (non-hydrogen) atoms. The van der Waals surface area contributed by atoms with Gasteiger partial charge in [0.25, 0.3) is 15.5 Å². The number of sulfonamides is 2. The molecule has 0 aromatic heterocycles. The number of hydrogen-bond acceptors (Lipinski definition) is 22. The molecule has 6 aliphatic heterocycles. The van der Waals surface area contributed by atoms with E-state index in [0.717, 1.165) is 121 Å². The zero-order valence-electron chi connectivity index (χ0n) is 82.1. The van der Waals surface area contributed by atoms with Crippen LogP contribution in [-0.2, 0) is 72.0 Å². The maximum absolute atomic E-state index is 13.1. The van der Waals surface area contributed by atoms with Gasteiger partial charge in [-0.1, -0.05) is 24.7 Å². The van der Waals surface area contributed by atoms with Crippen LogP contribution in [0.1, 0.15) is 142 Å². The Labute approximate surface area is 898 Å². The Kier molecular flexibility index (Phi) is 73.6. The van der Waals surface area contributed by atoms with E-state index in [2.05, 4.69) is 220 Å². The topological polar surface area (TPSA) is 319 Å². The van der Waals surface area contributed by atoms with Gasteiger partial charge in [0, 0.05) is 95.1 Å². The van der Waals surface area contributed by atoms with Gasteiger partial charge < -0.3 is 64.1 Å². The van der Waals surface area contributed by atoms with E-state index in [9.17, 15) is 79.2 Å². The van der Waals surface area contributed by atoms with Crippen molar-refractivity contribution < 1.29 is 157 Å². The van der Waals surface area contributed by atoms with Crippen molar-refractivity contribution in [3.63, 3.8) is 0 Å². The van der Waals surface area contributed by atoms with Crippen molar-refractivity contribution in [2.24, 2.45) is 0 Å². The summed E-state index contributed by atoms with van der Waals surface area (Å²) in [5.41, 5.74) is -2.04. The second kappa shape index (κ2) is 74.0. The molecule has 0 aliphatic carbocycles. The number of benzene rings is 3. The Morgan fingerprint density at radius 2 is 0.785 bits per heavy atom. The first-order chi connectivity index (χ1) is 65.3. The number of aliphatic hydroxyl groups is 1. The zero-order chi connectivity index (χ0) is 107. The van der Waals surface area contributed by atoms with Crippen molar-refractivity contribution in [1.29, 1.82) is 0 Å². The van der Waals surface area contributed by atoms with Crippen LogP contribution in [-0.4, -0.2) is 246 Å². The Morgan fingerprint density at radius 1 is 0.500 bits per heavy atom. The standard InChI is InChI=1S/C19H27FN2O5S.C16H6.C15H4.C14H19FN2O3S.C13H24N2O3.C8H19N.C6H4ClFO2S.C3H3Cl3O2.C3H2F6O.CH2O3.2ClH.Na.H3P/c1-18(2,3)27-17(23)21-10-8-19(9-11-21)14-22(12-13-26-19)28(24,25)16-6-4-15(20)5-7-16;1-3-5-7-9-11-13-15-16-14-12-10-8-6-4-2;1-3-5-7-9-11-13-15-14-12-10-8-6-4-2;15-12-1-3-13(4-2-12)21(18,19)17-9-10-20-14(11-17)5-7-16-8-6-14;1-12(2,3)18-11(16)15-7-4-13(5-8-15)10-14-6-9-17-13;1-6-9(7(2)3)8(4)5;7-11(9,10)6-3-1-5(8)2-4-6;1-2(7)8-3(4,5)6;4-2(5,6)1(10)3(7,8)9;2-1-4-3;;;;/h4-7H,8-14H2,1-3H3;1-2H3;1H,2H3;1-4,16H,5-11H2;14H,4-10H2,1-3H3;7-8H,6H2,1-5H3;1-4H;1H3;1,10H;1,3H;2*1H;;1H3/q;;;;;;;;;;;;+1;/p-1. The molecule has 6 saturated heterocycles. The summed E-state index contributed by atoms with van der Waals surface area (Å²) < 4.78 is 210. The average molecular weight is 2230 g/mol. The number of carbonyl (C=O) groups is 4. The van der Waals surface area contributed by atoms with E-state index in [1.807, 2.05) is 41.5 Å². The molecular formula is C98H114Cl6F9N7NaO19PS3. The van der Waals surface area contributed by atoms with Crippen molar-refractivity contribution in [3.05, 3.63) is 90.2 Å². The predicted molar refractivity (Wildman–Crippen MR) is 537 cm³/mol. The number of hydrogen-bond donors (Lipinski definition) is 3. The maximum atomic E-state index is 13.1. The Balaban J connectivity index is -0.000000512. The number of esters is 1. The van der Waals surface area contributed by atoms with E-state index in [0.29, 0.717) is 57.7 Å². The molecule has 6 fully saturated rings. The van der Waals surface area contributed by atoms with Gasteiger partial charge in [-0.05, 0) is 398 Å². The molecule has 0 saturated carbocycles. The third-order valence-corrected chi connectivity index (χ3v) is 23.4. The van der Waals surface area contributed by atoms with Gasteiger partial charge >= 0.3 is 64.0 Å². The summed E-state index contributed by atoms with van der Waals surface area (Å²) in [5, 5.41) is 22.5. The number of piperidine rings is 3. The number of aliphatic hydroxyl groups excluding tert-OH is 1. The van der Waals surface area contributed by atoms with Crippen LogP contribution in [0.5, 0.6) is 0 Å². The van der Waals surface area contributed by atoms with Gasteiger partial charge in [0.15, 0.2) is 0 Å². The van der Waals surface area contributed by atoms with Gasteiger partial charge in [-0.3, -0.25) is 14.5 Å². The minimum Gasteiger partial charge on any atom is -0.662 e. The largest absolute Gasteiger partial charge is 1.00 e. The normalized spacial score (nSPS) is 14.7. The number of likely N-dealkylation sites (tertiary alicyclic amines) is 2. The third-order valence-electron chi connectivity index (χ3n) is 18.1. The van der Waals surface area contributed by atoms with Gasteiger partial charge in [0.05, 0.1) is 51.3 Å². The first-order valence-corrected chi connectivity index (χ1v) is 48.4. The van der Waals surface area contributed by atoms with Crippen molar-refractivity contribution >= 4 is 134 Å². The molecule has 3 spiro atoms. The molecular weight excluding hydrogens is 2110 g/mol. The number of morpholine rings is 3. The number of alkyl halides is 9. The quantitative estimate of drug-likeness (QED) is 0.0153. The zero-order valence-corrected chi connectivity index (χ0v) is 92.6. The van der Waals surface area contributed by atoms with Gasteiger partial charge in [-0.2, -0.15) is 44.9 Å². The molecule has 26 nitrogen and oxygen atoms in total. The average Bonchev–Trinajstić information content (AvgIpc) is 0.774. The fraction of sp³-hybridized carbons (Fsp3) is 0.490. The molecule has 3 N–H and O–H groups in total. The molecule has 6 aliphatic rings. The molecule has 0 radical (unpaired) electrons. The first kappa shape index (κ1) is 143. The fourth-order valence-corrected chi connectivity index (χ4v) is 16.1. The van der Waals surface area contributed by atoms with Gasteiger partial charge in [-0.15, -0.1) is 31.2 Å². The molecule has 3 aromatic rings. The van der Waals surface area contributed by atoms with E-state index in [4.69, 9.17) is 90.8 Å². The van der Waals surface area contributed by atoms with Gasteiger partial charge in [-0.25, -0.2) is 48.0 Å². The van der Waals surface area contributed by atoms with E-state index in [-0.39, 0.29) is 129 Å². The summed E-state index contributed by atoms with van der Waals surface area (Å²) in [6.45, 7) is 38.0. The van der Waals surface area contributed by atoms with Crippen LogP contribution in [0.25, 0.3) is 0 Å². The molecule has 2 amide bonds. The van der Waals surface area contributed by atoms with Gasteiger partial charge in [0.1, 0.15) is 28.7 Å². The Bertz CT molecular complexity index is 5730. The molecule has 46 heteroatoms. The summed E-state index contributed by atoms with van der Waals surface area (Å²) in [6, 6.07) is 15.5. The number of nitrogens with zero attached hydrogens (tertiary/aromatic N) is 5. The molecule has 1 atom stereocenters. The van der Waals surface area contributed by atoms with Crippen molar-refractivity contribution in [2.45, 2.75) is 220 Å². The number of nitrogens with one attached hydrogen (secondary N) is 2. The first-order valence-electron chi connectivity index (χ1n) is 42.1. The van der Waals surface area contributed by atoms with Crippen LogP contribution in [0.15, 0.2) is 87.5 Å². The number of rotatable bonds is 9. The smallest absolute Gasteiger partial charge is 0.662 e. The molecule has 9 rings (SSSR count). The summed E-state index contributed by atoms with van der Waals surface area (Å²) in [4.78, 5) is 51.4. The van der Waals surface area contributed by atoms with Crippen LogP contribution in [0, 0.1) is 184 Å². The third kappa shape index (κ3) is 64.2. The Hall–Kier alpha value is -9.03. The monoisotopic (exact) mass is 2220 g/mol. The summed E-state index contributed by atoms with van der Waals surface area (Å²) in [6.07, 6.45) is -6.74. The van der Waals surface area contributed by atoms with Crippen LogP contribution in [0.2, 0.25) is 0 Å². The van der Waals surface area contributed by atoms with Crippen molar-refractivity contribution in [3.8, 4) is 166 Å². The van der Waals surface area contributed by atoms with Crippen LogP contribution in [0.4, 0.5) is 49.1 Å². The van der Waals surface area contributed by atoms with E-state index < -0.39 is 91.8 Å². The molecule has 784 valence electrons. The second-order valence-corrected chi connectivity index (χ2v) is 40.1. The number of ether oxygens (including phenoxy) is 6. The molecule has 1 unspecified atom stereocenters. The molecule has 0 bridgehead atoms.